The summed E-state index contributed by atoms with van der Waals surface area (Å²) in [7, 11) is 0. The fourth-order valence-corrected chi connectivity index (χ4v) is 11.2. The van der Waals surface area contributed by atoms with Crippen LogP contribution in [0.1, 0.15) is 204 Å². The highest BCUT2D eigenvalue weighted by Crippen LogP contribution is 2.38. The number of benzene rings is 2. The van der Waals surface area contributed by atoms with Gasteiger partial charge in [0.25, 0.3) is 0 Å². The number of allylic oxidation sites excluding steroid dienone is 1. The van der Waals surface area contributed by atoms with Gasteiger partial charge in [0, 0.05) is 59.0 Å². The van der Waals surface area contributed by atoms with Crippen LogP contribution in [0.4, 0.5) is 0 Å². The maximum absolute atomic E-state index is 13.5. The lowest BCUT2D eigenvalue weighted by atomic mass is 9.72. The van der Waals surface area contributed by atoms with Gasteiger partial charge in [0.15, 0.2) is 0 Å². The SMILES string of the molecule is C.C#CC(=O)CC[C@H](C(=O)C1CCC[C@@H](C(=O)CCc2ccc(CCC(Cc3ccc(C(C)C(=O)[C@@H]4CCCC4=C)cc3)C3CCCC3)cc2)C1)C(C)C.CC(=O)CC[C@H](C(C)=O)C(C)C.[CH2]C.[HH].[HH].[HH]. The Morgan fingerprint density at radius 3 is 1.75 bits per heavy atom. The van der Waals surface area contributed by atoms with Crippen LogP contribution in [0.5, 0.6) is 0 Å². The van der Waals surface area contributed by atoms with Crippen molar-refractivity contribution >= 4 is 34.7 Å². The second-order valence-electron chi connectivity index (χ2n) is 20.9. The first-order chi connectivity index (χ1) is 32.0. The highest BCUT2D eigenvalue weighted by Gasteiger charge is 2.35. The maximum atomic E-state index is 13.5. The van der Waals surface area contributed by atoms with E-state index in [0.29, 0.717) is 49.7 Å². The number of hydrogen-bond acceptors (Lipinski definition) is 6. The van der Waals surface area contributed by atoms with Crippen LogP contribution in [0.15, 0.2) is 60.7 Å². The Morgan fingerprint density at radius 2 is 1.22 bits per heavy atom. The molecule has 0 spiro atoms. The van der Waals surface area contributed by atoms with Crippen molar-refractivity contribution < 1.29 is 33.0 Å². The van der Waals surface area contributed by atoms with E-state index in [1.807, 2.05) is 27.7 Å². The molecule has 0 heterocycles. The van der Waals surface area contributed by atoms with Gasteiger partial charge in [-0.1, -0.05) is 149 Å². The molecule has 0 saturated heterocycles. The van der Waals surface area contributed by atoms with E-state index >= 15 is 0 Å². The van der Waals surface area contributed by atoms with E-state index in [2.05, 4.69) is 74.9 Å². The van der Waals surface area contributed by atoms with Crippen molar-refractivity contribution in [1.82, 2.24) is 0 Å². The van der Waals surface area contributed by atoms with Crippen molar-refractivity contribution in [3.05, 3.63) is 89.9 Å². The van der Waals surface area contributed by atoms with Crippen LogP contribution >= 0.6 is 0 Å². The molecule has 3 saturated carbocycles. The molecular weight excluding hydrogens is 841 g/mol. The fraction of sp³-hybridized carbons (Fsp3) is 0.629. The Labute approximate surface area is 418 Å². The lowest BCUT2D eigenvalue weighted by Gasteiger charge is -2.31. The molecule has 7 atom stereocenters. The van der Waals surface area contributed by atoms with Crippen LogP contribution in [0.2, 0.25) is 0 Å². The van der Waals surface area contributed by atoms with Crippen molar-refractivity contribution in [2.24, 2.45) is 53.3 Å². The van der Waals surface area contributed by atoms with Gasteiger partial charge in [-0.3, -0.25) is 24.0 Å². The number of aryl methyl sites for hydroxylation is 2. The Balaban J connectivity index is 0. The van der Waals surface area contributed by atoms with E-state index in [4.69, 9.17) is 6.42 Å². The molecule has 0 aromatic heterocycles. The van der Waals surface area contributed by atoms with Crippen molar-refractivity contribution in [1.29, 1.82) is 0 Å². The molecule has 0 bridgehead atoms. The van der Waals surface area contributed by atoms with Gasteiger partial charge >= 0.3 is 0 Å². The third-order valence-electron chi connectivity index (χ3n) is 15.5. The molecule has 0 amide bonds. The van der Waals surface area contributed by atoms with E-state index in [0.717, 1.165) is 74.8 Å². The summed E-state index contributed by atoms with van der Waals surface area (Å²) in [5, 5.41) is 0. The van der Waals surface area contributed by atoms with Crippen LogP contribution < -0.4 is 0 Å². The molecule has 0 aliphatic heterocycles. The molecule has 3 fully saturated rings. The molecule has 381 valence electrons. The van der Waals surface area contributed by atoms with Gasteiger partial charge in [0.05, 0.1) is 0 Å². The Morgan fingerprint density at radius 1 is 0.662 bits per heavy atom. The summed E-state index contributed by atoms with van der Waals surface area (Å²) < 4.78 is 0. The van der Waals surface area contributed by atoms with Crippen LogP contribution in [0.25, 0.3) is 0 Å². The first-order valence-corrected chi connectivity index (χ1v) is 26.1. The zero-order chi connectivity index (χ0) is 49.6. The normalized spacial score (nSPS) is 19.8. The predicted octanol–water partition coefficient (Wildman–Crippen LogP) is 15.3. The monoisotopic (exact) mass is 938 g/mol. The number of Topliss-reactive ketones (excluding diaryl/α,β-unsaturated/α-hetero) is 6. The fourth-order valence-electron chi connectivity index (χ4n) is 11.2. The first kappa shape index (κ1) is 59.9. The molecule has 2 aromatic carbocycles. The van der Waals surface area contributed by atoms with Gasteiger partial charge in [-0.05, 0) is 143 Å². The zero-order valence-electron chi connectivity index (χ0n) is 43.0. The molecule has 6 heteroatoms. The van der Waals surface area contributed by atoms with Crippen molar-refractivity contribution in [3.8, 4) is 12.3 Å². The number of hydrogen-bond donors (Lipinski definition) is 0. The number of ketones is 6. The summed E-state index contributed by atoms with van der Waals surface area (Å²) in [6.45, 7) is 22.5. The molecule has 3 aliphatic rings. The molecular formula is C62H97O6. The summed E-state index contributed by atoms with van der Waals surface area (Å²) in [5.74, 6) is 4.73. The summed E-state index contributed by atoms with van der Waals surface area (Å²) in [6.07, 6.45) is 23.4. The maximum Gasteiger partial charge on any atom is 0.205 e. The van der Waals surface area contributed by atoms with Crippen LogP contribution in [0.3, 0.4) is 0 Å². The average molecular weight is 938 g/mol. The number of carbonyl (C=O) groups is 6. The summed E-state index contributed by atoms with van der Waals surface area (Å²) in [6, 6.07) is 17.8. The largest absolute Gasteiger partial charge is 0.300 e. The lowest BCUT2D eigenvalue weighted by molar-refractivity contribution is -0.132. The molecule has 6 nitrogen and oxygen atoms in total. The molecule has 5 rings (SSSR count). The number of rotatable bonds is 24. The third kappa shape index (κ3) is 19.3. The second-order valence-corrected chi connectivity index (χ2v) is 20.9. The van der Waals surface area contributed by atoms with Gasteiger partial charge in [-0.15, -0.1) is 6.42 Å². The van der Waals surface area contributed by atoms with E-state index in [9.17, 15) is 28.8 Å². The Kier molecular flexibility index (Phi) is 27.4. The lowest BCUT2D eigenvalue weighted by Crippen LogP contribution is -2.33. The van der Waals surface area contributed by atoms with Gasteiger partial charge in [-0.25, -0.2) is 0 Å². The molecule has 0 N–H and O–H groups in total. The number of carbonyl (C=O) groups excluding carboxylic acids is 6. The number of terminal acetylenes is 1. The molecule has 2 aromatic rings. The smallest absolute Gasteiger partial charge is 0.205 e. The van der Waals surface area contributed by atoms with Gasteiger partial charge in [-0.2, -0.15) is 0 Å². The van der Waals surface area contributed by atoms with Crippen LogP contribution in [-0.4, -0.2) is 34.7 Å². The summed E-state index contributed by atoms with van der Waals surface area (Å²) in [5.41, 5.74) is 6.17. The van der Waals surface area contributed by atoms with Gasteiger partial charge in [0.2, 0.25) is 5.78 Å². The van der Waals surface area contributed by atoms with Gasteiger partial charge in [0.1, 0.15) is 28.9 Å². The zero-order valence-corrected chi connectivity index (χ0v) is 43.0. The van der Waals surface area contributed by atoms with E-state index < -0.39 is 0 Å². The predicted molar refractivity (Wildman–Crippen MR) is 288 cm³/mol. The van der Waals surface area contributed by atoms with Crippen molar-refractivity contribution in [2.75, 3.05) is 0 Å². The summed E-state index contributed by atoms with van der Waals surface area (Å²) >= 11 is 0. The summed E-state index contributed by atoms with van der Waals surface area (Å²) in [4.78, 5) is 73.5. The molecule has 3 aliphatic carbocycles. The first-order valence-electron chi connectivity index (χ1n) is 26.1. The minimum atomic E-state index is -0.244. The molecule has 3 unspecified atom stereocenters. The van der Waals surface area contributed by atoms with E-state index in [-0.39, 0.29) is 88.5 Å². The van der Waals surface area contributed by atoms with Gasteiger partial charge < -0.3 is 4.79 Å². The second kappa shape index (κ2) is 31.1. The van der Waals surface area contributed by atoms with Crippen LogP contribution in [-0.2, 0) is 48.0 Å². The molecule has 1 radical (unpaired) electrons. The van der Waals surface area contributed by atoms with Crippen molar-refractivity contribution in [3.63, 3.8) is 0 Å². The minimum Gasteiger partial charge on any atom is -0.300 e. The average Bonchev–Trinajstić information content (AvgIpc) is 4.02. The van der Waals surface area contributed by atoms with Crippen LogP contribution in [0, 0.1) is 72.5 Å². The Bertz CT molecular complexity index is 1950. The van der Waals surface area contributed by atoms with E-state index in [1.165, 1.54) is 48.8 Å². The standard InChI is InChI=1S/C49H64O4.C10H18O2.C2H5.CH4.3H2/c1-6-44(50)28-29-45(33(2)3)49(53)43-15-10-14-42(32-43)47(51)30-24-37-19-17-36(18-20-37)21-27-41(40-12-7-8-13-40)31-38-22-25-39(26-23-38)35(5)48(52)46-16-9-11-34(46)4;1-7(2)10(9(4)12)6-5-8(3)11;1-2;;;;/h1,17-20,22-23,25-26,33,35,40-43,45-46H,4,7-16,21,24,27-32H2,2-3,5H3;7,10H,5-6H2,1-4H3;1H2,2H3;1H4;3*1H/t35?,41?,42-,43?,45+,46-;10-;;;;;/m10...../s1. The third-order valence-corrected chi connectivity index (χ3v) is 15.5. The Hall–Kier alpha value is -4.24. The topological polar surface area (TPSA) is 102 Å². The highest BCUT2D eigenvalue weighted by molar-refractivity contribution is 5.95. The highest BCUT2D eigenvalue weighted by atomic mass is 16.1. The van der Waals surface area contributed by atoms with Crippen molar-refractivity contribution in [2.45, 2.75) is 197 Å². The quantitative estimate of drug-likeness (QED) is 0.0590. The molecule has 68 heavy (non-hydrogen) atoms. The van der Waals surface area contributed by atoms with E-state index in [1.54, 1.807) is 20.8 Å². The minimum absolute atomic E-state index is 0.